The number of likely N-dealkylation sites (N-methyl/N-ethyl adjacent to an activating group) is 1. The van der Waals surface area contributed by atoms with Gasteiger partial charge in [0.05, 0.1) is 34.4 Å². The van der Waals surface area contributed by atoms with Crippen LogP contribution in [0, 0.1) is 0 Å². The molecule has 2 unspecified atom stereocenters. The van der Waals surface area contributed by atoms with Gasteiger partial charge in [0, 0.05) is 19.3 Å². The van der Waals surface area contributed by atoms with E-state index in [2.05, 4.69) is 13.8 Å². The van der Waals surface area contributed by atoms with E-state index in [0.717, 1.165) is 38.5 Å². The van der Waals surface area contributed by atoms with Crippen LogP contribution < -0.4 is 0 Å². The molecular formula is C55H108NO7+. The predicted octanol–water partition coefficient (Wildman–Crippen LogP) is 16.0. The molecule has 0 saturated carbocycles. The van der Waals surface area contributed by atoms with Gasteiger partial charge in [0.2, 0.25) is 0 Å². The third-order valence-electron chi connectivity index (χ3n) is 13.0. The van der Waals surface area contributed by atoms with Crippen LogP contribution in [0.2, 0.25) is 0 Å². The molecule has 2 atom stereocenters. The van der Waals surface area contributed by atoms with Crippen molar-refractivity contribution in [2.45, 2.75) is 296 Å². The number of quaternary nitrogens is 1. The molecule has 0 aliphatic carbocycles. The zero-order chi connectivity index (χ0) is 46.3. The summed E-state index contributed by atoms with van der Waals surface area (Å²) in [5, 5.41) is 9.66. The molecule has 1 N–H and O–H groups in total. The summed E-state index contributed by atoms with van der Waals surface area (Å²) in [6.45, 7) is 4.81. The van der Waals surface area contributed by atoms with Crippen molar-refractivity contribution in [2.24, 2.45) is 0 Å². The lowest BCUT2D eigenvalue weighted by Crippen LogP contribution is -2.50. The summed E-state index contributed by atoms with van der Waals surface area (Å²) in [7, 11) is 5.56. The molecule has 0 aromatic rings. The predicted molar refractivity (Wildman–Crippen MR) is 266 cm³/mol. The van der Waals surface area contributed by atoms with Crippen molar-refractivity contribution >= 4 is 17.9 Å². The smallest absolute Gasteiger partial charge is 0.362 e. The Kier molecular flexibility index (Phi) is 45.6. The number of carbonyl (C=O) groups is 3. The highest BCUT2D eigenvalue weighted by Gasteiger charge is 2.31. The molecule has 0 rings (SSSR count). The fourth-order valence-corrected chi connectivity index (χ4v) is 8.74. The number of carboxylic acids is 1. The van der Waals surface area contributed by atoms with Crippen LogP contribution in [0.15, 0.2) is 0 Å². The molecule has 0 aliphatic heterocycles. The molecule has 0 bridgehead atoms. The summed E-state index contributed by atoms with van der Waals surface area (Å²) in [6.07, 6.45) is 51.6. The molecule has 0 fully saturated rings. The maximum absolute atomic E-state index is 12.8. The molecule has 8 nitrogen and oxygen atoms in total. The van der Waals surface area contributed by atoms with Crippen LogP contribution in [0.25, 0.3) is 0 Å². The lowest BCUT2D eigenvalue weighted by atomic mass is 10.0. The van der Waals surface area contributed by atoms with Crippen molar-refractivity contribution < 1.29 is 38.2 Å². The average molecular weight is 895 g/mol. The normalized spacial score (nSPS) is 12.7. The SMILES string of the molecule is CCCCCCCCCCCCCCCCCCCCCCCC(=O)OCC(COCCC(C(=O)O)[N+](C)(C)C)OC(=O)CCCCCCCCCCCCCCCCCCCC. The molecule has 0 heterocycles. The maximum Gasteiger partial charge on any atom is 0.362 e. The third kappa shape index (κ3) is 45.3. The molecule has 0 aromatic carbocycles. The van der Waals surface area contributed by atoms with Gasteiger partial charge in [-0.3, -0.25) is 9.59 Å². The standard InChI is InChI=1S/C55H107NO7/c1-6-8-10-12-14-16-18-20-22-24-26-27-28-30-31-33-35-37-39-41-43-45-53(57)62-50-51(49-61-48-47-52(55(59)60)56(3,4)5)63-54(58)46-44-42-40-38-36-34-32-29-25-23-21-19-17-15-13-11-9-7-2/h51-52H,6-50H2,1-5H3/p+1. The van der Waals surface area contributed by atoms with Crippen LogP contribution in [0.3, 0.4) is 0 Å². The number of hydrogen-bond acceptors (Lipinski definition) is 6. The van der Waals surface area contributed by atoms with E-state index in [4.69, 9.17) is 14.2 Å². The first-order valence-electron chi connectivity index (χ1n) is 27.6. The number of hydrogen-bond donors (Lipinski definition) is 1. The highest BCUT2D eigenvalue weighted by molar-refractivity contribution is 5.72. The molecule has 0 amide bonds. The first kappa shape index (κ1) is 61.3. The second-order valence-corrected chi connectivity index (χ2v) is 20.2. The van der Waals surface area contributed by atoms with Gasteiger partial charge in [-0.05, 0) is 12.8 Å². The Morgan fingerprint density at radius 1 is 0.413 bits per heavy atom. The Bertz CT molecular complexity index is 998. The minimum atomic E-state index is -0.868. The molecule has 374 valence electrons. The molecule has 0 saturated heterocycles. The number of carboxylic acid groups (broad SMARTS) is 1. The number of aliphatic carboxylic acids is 1. The van der Waals surface area contributed by atoms with Gasteiger partial charge in [-0.2, -0.15) is 0 Å². The Morgan fingerprint density at radius 2 is 0.698 bits per heavy atom. The number of ether oxygens (including phenoxy) is 3. The lowest BCUT2D eigenvalue weighted by Gasteiger charge is -2.31. The van der Waals surface area contributed by atoms with Crippen molar-refractivity contribution in [2.75, 3.05) is 41.0 Å². The van der Waals surface area contributed by atoms with Crippen molar-refractivity contribution in [3.8, 4) is 0 Å². The third-order valence-corrected chi connectivity index (χ3v) is 13.0. The van der Waals surface area contributed by atoms with E-state index in [9.17, 15) is 19.5 Å². The number of carbonyl (C=O) groups excluding carboxylic acids is 2. The van der Waals surface area contributed by atoms with Crippen LogP contribution in [-0.2, 0) is 28.6 Å². The monoisotopic (exact) mass is 895 g/mol. The van der Waals surface area contributed by atoms with Gasteiger partial charge in [-0.15, -0.1) is 0 Å². The highest BCUT2D eigenvalue weighted by Crippen LogP contribution is 2.18. The molecule has 0 radical (unpaired) electrons. The average Bonchev–Trinajstić information content (AvgIpc) is 3.24. The topological polar surface area (TPSA) is 99.1 Å². The molecule has 0 aromatic heterocycles. The van der Waals surface area contributed by atoms with Crippen LogP contribution in [0.5, 0.6) is 0 Å². The Balaban J connectivity index is 4.13. The fourth-order valence-electron chi connectivity index (χ4n) is 8.74. The van der Waals surface area contributed by atoms with Crippen LogP contribution in [-0.4, -0.2) is 80.6 Å². The van der Waals surface area contributed by atoms with Crippen molar-refractivity contribution in [1.29, 1.82) is 0 Å². The summed E-state index contributed by atoms with van der Waals surface area (Å²) in [6, 6.07) is -0.609. The van der Waals surface area contributed by atoms with E-state index in [1.165, 1.54) is 212 Å². The zero-order valence-electron chi connectivity index (χ0n) is 42.8. The van der Waals surface area contributed by atoms with Gasteiger partial charge in [0.1, 0.15) is 6.61 Å². The van der Waals surface area contributed by atoms with Crippen LogP contribution >= 0.6 is 0 Å². The second kappa shape index (κ2) is 46.8. The second-order valence-electron chi connectivity index (χ2n) is 20.2. The maximum atomic E-state index is 12.8. The van der Waals surface area contributed by atoms with Gasteiger partial charge < -0.3 is 23.8 Å². The largest absolute Gasteiger partial charge is 0.477 e. The highest BCUT2D eigenvalue weighted by atomic mass is 16.6. The van der Waals surface area contributed by atoms with E-state index < -0.39 is 18.1 Å². The Hall–Kier alpha value is -1.67. The summed E-state index contributed by atoms with van der Waals surface area (Å²) < 4.78 is 17.4. The van der Waals surface area contributed by atoms with Crippen LogP contribution in [0.1, 0.15) is 284 Å². The minimum Gasteiger partial charge on any atom is -0.477 e. The van der Waals surface area contributed by atoms with E-state index in [0.29, 0.717) is 19.3 Å². The fraction of sp³-hybridized carbons (Fsp3) is 0.945. The summed E-state index contributed by atoms with van der Waals surface area (Å²) >= 11 is 0. The van der Waals surface area contributed by atoms with E-state index in [1.54, 1.807) is 0 Å². The number of nitrogens with zero attached hydrogens (tertiary/aromatic N) is 1. The molecule has 0 aliphatic rings. The Morgan fingerprint density at radius 3 is 0.984 bits per heavy atom. The van der Waals surface area contributed by atoms with Crippen molar-refractivity contribution in [1.82, 2.24) is 0 Å². The molecule has 8 heteroatoms. The number of unbranched alkanes of at least 4 members (excludes halogenated alkanes) is 37. The van der Waals surface area contributed by atoms with E-state index in [-0.39, 0.29) is 36.2 Å². The summed E-state index contributed by atoms with van der Waals surface area (Å²) in [5.74, 6) is -1.43. The lowest BCUT2D eigenvalue weighted by molar-refractivity contribution is -0.887. The molecule has 63 heavy (non-hydrogen) atoms. The summed E-state index contributed by atoms with van der Waals surface area (Å²) in [4.78, 5) is 37.2. The van der Waals surface area contributed by atoms with E-state index in [1.807, 2.05) is 21.1 Å². The first-order valence-corrected chi connectivity index (χ1v) is 27.6. The zero-order valence-corrected chi connectivity index (χ0v) is 42.8. The Labute approximate surface area is 391 Å². The number of rotatable bonds is 51. The van der Waals surface area contributed by atoms with Gasteiger partial charge in [0.15, 0.2) is 12.1 Å². The summed E-state index contributed by atoms with van der Waals surface area (Å²) in [5.41, 5.74) is 0. The van der Waals surface area contributed by atoms with Crippen molar-refractivity contribution in [3.05, 3.63) is 0 Å². The van der Waals surface area contributed by atoms with Gasteiger partial charge in [0.25, 0.3) is 0 Å². The van der Waals surface area contributed by atoms with E-state index >= 15 is 0 Å². The number of esters is 2. The quantitative estimate of drug-likeness (QED) is 0.0369. The van der Waals surface area contributed by atoms with Crippen LogP contribution in [0.4, 0.5) is 0 Å². The minimum absolute atomic E-state index is 0.0410. The van der Waals surface area contributed by atoms with Gasteiger partial charge in [-0.25, -0.2) is 4.79 Å². The van der Waals surface area contributed by atoms with Gasteiger partial charge in [-0.1, -0.05) is 251 Å². The molecular weight excluding hydrogens is 787 g/mol. The molecule has 0 spiro atoms. The first-order chi connectivity index (χ1) is 30.6. The van der Waals surface area contributed by atoms with Gasteiger partial charge >= 0.3 is 17.9 Å². The van der Waals surface area contributed by atoms with Crippen molar-refractivity contribution in [3.63, 3.8) is 0 Å².